The van der Waals surface area contributed by atoms with Gasteiger partial charge in [-0.2, -0.15) is 0 Å². The molecule has 1 amide bonds. The van der Waals surface area contributed by atoms with Crippen LogP contribution in [0.15, 0.2) is 18.2 Å². The number of hydrogen-bond donors (Lipinski definition) is 2. The highest BCUT2D eigenvalue weighted by molar-refractivity contribution is 6.31. The molecule has 1 atom stereocenters. The van der Waals surface area contributed by atoms with Crippen molar-refractivity contribution in [3.05, 3.63) is 29.0 Å². The van der Waals surface area contributed by atoms with Crippen molar-refractivity contribution >= 4 is 23.2 Å². The second-order valence-corrected chi connectivity index (χ2v) is 5.71. The Balaban J connectivity index is 1.93. The van der Waals surface area contributed by atoms with Gasteiger partial charge < -0.3 is 16.0 Å². The predicted octanol–water partition coefficient (Wildman–Crippen LogP) is 0.992. The maximum absolute atomic E-state index is 13.1. The van der Waals surface area contributed by atoms with E-state index in [4.69, 9.17) is 17.3 Å². The van der Waals surface area contributed by atoms with Crippen molar-refractivity contribution in [1.82, 2.24) is 9.80 Å². The summed E-state index contributed by atoms with van der Waals surface area (Å²) in [5, 5.41) is 2.72. The summed E-state index contributed by atoms with van der Waals surface area (Å²) in [4.78, 5) is 16.3. The fraction of sp³-hybridized carbons (Fsp3) is 0.500. The summed E-state index contributed by atoms with van der Waals surface area (Å²) in [6.07, 6.45) is 0. The van der Waals surface area contributed by atoms with Crippen molar-refractivity contribution in [3.63, 3.8) is 0 Å². The van der Waals surface area contributed by atoms with Crippen molar-refractivity contribution in [3.8, 4) is 0 Å². The van der Waals surface area contributed by atoms with Gasteiger partial charge in [0.15, 0.2) is 0 Å². The van der Waals surface area contributed by atoms with E-state index in [0.717, 1.165) is 19.6 Å². The summed E-state index contributed by atoms with van der Waals surface area (Å²) in [7, 11) is 2.04. The molecule has 0 spiro atoms. The molecular weight excluding hydrogens is 295 g/mol. The van der Waals surface area contributed by atoms with Crippen LogP contribution >= 0.6 is 11.6 Å². The number of likely N-dealkylation sites (N-methyl/N-ethyl adjacent to an activating group) is 1. The molecule has 3 N–H and O–H groups in total. The number of piperazine rings is 1. The summed E-state index contributed by atoms with van der Waals surface area (Å²) in [6.45, 7) is 3.35. The van der Waals surface area contributed by atoms with E-state index in [0.29, 0.717) is 12.2 Å². The normalized spacial score (nSPS) is 20.5. The van der Waals surface area contributed by atoms with Gasteiger partial charge in [0.05, 0.1) is 11.6 Å². The van der Waals surface area contributed by atoms with E-state index in [2.05, 4.69) is 15.1 Å². The van der Waals surface area contributed by atoms with Crippen LogP contribution in [-0.2, 0) is 4.79 Å². The number of amides is 1. The summed E-state index contributed by atoms with van der Waals surface area (Å²) >= 11 is 5.69. The highest BCUT2D eigenvalue weighted by Gasteiger charge is 2.25. The minimum Gasteiger partial charge on any atom is -0.329 e. The number of nitrogens with zero attached hydrogens (tertiary/aromatic N) is 2. The van der Waals surface area contributed by atoms with Crippen LogP contribution < -0.4 is 11.1 Å². The average Bonchev–Trinajstić information content (AvgIpc) is 2.44. The van der Waals surface area contributed by atoms with Crippen LogP contribution in [0.2, 0.25) is 5.02 Å². The number of nitrogens with one attached hydrogen (secondary N) is 1. The number of carbonyl (C=O) groups is 1. The van der Waals surface area contributed by atoms with Gasteiger partial charge in [-0.3, -0.25) is 9.69 Å². The molecule has 1 saturated heterocycles. The minimum atomic E-state index is -0.503. The fourth-order valence-electron chi connectivity index (χ4n) is 2.44. The SMILES string of the molecule is CN1CCN(CC(=O)Nc2ccc(F)c(Cl)c2)C(CN)C1. The van der Waals surface area contributed by atoms with Crippen LogP contribution in [0.25, 0.3) is 0 Å². The van der Waals surface area contributed by atoms with Gasteiger partial charge in [0.1, 0.15) is 5.82 Å². The van der Waals surface area contributed by atoms with Crippen molar-refractivity contribution in [1.29, 1.82) is 0 Å². The molecule has 1 fully saturated rings. The lowest BCUT2D eigenvalue weighted by Crippen LogP contribution is -2.56. The molecule has 1 aromatic rings. The van der Waals surface area contributed by atoms with Crippen LogP contribution in [0.4, 0.5) is 10.1 Å². The van der Waals surface area contributed by atoms with Crippen LogP contribution in [0.5, 0.6) is 0 Å². The molecular formula is C14H20ClFN4O. The first kappa shape index (κ1) is 16.2. The maximum atomic E-state index is 13.1. The number of hydrogen-bond acceptors (Lipinski definition) is 4. The summed E-state index contributed by atoms with van der Waals surface area (Å²) in [5.74, 6) is -0.655. The van der Waals surface area contributed by atoms with Crippen LogP contribution in [0, 0.1) is 5.82 Å². The summed E-state index contributed by atoms with van der Waals surface area (Å²) in [5.41, 5.74) is 6.25. The molecule has 2 rings (SSSR count). The standard InChI is InChI=1S/C14H20ClFN4O/c1-19-4-5-20(11(7-17)8-19)9-14(21)18-10-2-3-13(16)12(15)6-10/h2-3,6,11H,4-5,7-9,17H2,1H3,(H,18,21). The van der Waals surface area contributed by atoms with Gasteiger partial charge >= 0.3 is 0 Å². The van der Waals surface area contributed by atoms with E-state index in [-0.39, 0.29) is 23.5 Å². The van der Waals surface area contributed by atoms with Crippen molar-refractivity contribution in [2.24, 2.45) is 5.73 Å². The third-order valence-electron chi connectivity index (χ3n) is 3.63. The monoisotopic (exact) mass is 314 g/mol. The molecule has 0 bridgehead atoms. The predicted molar refractivity (Wildman–Crippen MR) is 82.0 cm³/mol. The number of carbonyl (C=O) groups excluding carboxylic acids is 1. The summed E-state index contributed by atoms with van der Waals surface area (Å²) < 4.78 is 13.1. The van der Waals surface area contributed by atoms with Gasteiger partial charge in [0, 0.05) is 37.9 Å². The number of benzene rings is 1. The molecule has 0 aromatic heterocycles. The van der Waals surface area contributed by atoms with E-state index in [9.17, 15) is 9.18 Å². The molecule has 0 saturated carbocycles. The van der Waals surface area contributed by atoms with Crippen LogP contribution in [0.1, 0.15) is 0 Å². The number of rotatable bonds is 4. The first-order valence-electron chi connectivity index (χ1n) is 6.87. The van der Waals surface area contributed by atoms with Gasteiger partial charge in [-0.15, -0.1) is 0 Å². The zero-order valence-electron chi connectivity index (χ0n) is 12.0. The molecule has 21 heavy (non-hydrogen) atoms. The topological polar surface area (TPSA) is 61.6 Å². The Kier molecular flexibility index (Phi) is 5.52. The molecule has 1 unspecified atom stereocenters. The zero-order valence-corrected chi connectivity index (χ0v) is 12.7. The summed E-state index contributed by atoms with van der Waals surface area (Å²) in [6, 6.07) is 4.30. The first-order chi connectivity index (χ1) is 9.99. The lowest BCUT2D eigenvalue weighted by Gasteiger charge is -2.39. The van der Waals surface area contributed by atoms with Gasteiger partial charge in [0.2, 0.25) is 5.91 Å². The Morgan fingerprint density at radius 2 is 2.29 bits per heavy atom. The molecule has 0 aliphatic carbocycles. The van der Waals surface area contributed by atoms with Crippen molar-refractivity contribution in [2.45, 2.75) is 6.04 Å². The molecule has 116 valence electrons. The number of nitrogens with two attached hydrogens (primary N) is 1. The van der Waals surface area contributed by atoms with Gasteiger partial charge in [0.25, 0.3) is 0 Å². The molecule has 5 nitrogen and oxygen atoms in total. The highest BCUT2D eigenvalue weighted by Crippen LogP contribution is 2.19. The Morgan fingerprint density at radius 3 is 2.95 bits per heavy atom. The molecule has 1 aliphatic rings. The van der Waals surface area contributed by atoms with E-state index in [1.807, 2.05) is 7.05 Å². The van der Waals surface area contributed by atoms with Crippen LogP contribution in [-0.4, -0.2) is 61.5 Å². The van der Waals surface area contributed by atoms with Crippen molar-refractivity contribution < 1.29 is 9.18 Å². The van der Waals surface area contributed by atoms with E-state index in [1.54, 1.807) is 0 Å². The third-order valence-corrected chi connectivity index (χ3v) is 3.92. The van der Waals surface area contributed by atoms with E-state index < -0.39 is 5.82 Å². The van der Waals surface area contributed by atoms with E-state index >= 15 is 0 Å². The second kappa shape index (κ2) is 7.17. The molecule has 1 aromatic carbocycles. The second-order valence-electron chi connectivity index (χ2n) is 5.30. The zero-order chi connectivity index (χ0) is 15.4. The quantitative estimate of drug-likeness (QED) is 0.870. The van der Waals surface area contributed by atoms with Crippen LogP contribution in [0.3, 0.4) is 0 Å². The molecule has 1 heterocycles. The first-order valence-corrected chi connectivity index (χ1v) is 7.25. The van der Waals surface area contributed by atoms with Crippen molar-refractivity contribution in [2.75, 3.05) is 45.1 Å². The molecule has 0 radical (unpaired) electrons. The van der Waals surface area contributed by atoms with E-state index in [1.165, 1.54) is 18.2 Å². The number of anilines is 1. The highest BCUT2D eigenvalue weighted by atomic mass is 35.5. The lowest BCUT2D eigenvalue weighted by molar-refractivity contribution is -0.118. The maximum Gasteiger partial charge on any atom is 0.238 e. The number of halogens is 2. The fourth-order valence-corrected chi connectivity index (χ4v) is 2.62. The molecule has 1 aliphatic heterocycles. The van der Waals surface area contributed by atoms with Gasteiger partial charge in [-0.05, 0) is 25.2 Å². The van der Waals surface area contributed by atoms with Gasteiger partial charge in [-0.1, -0.05) is 11.6 Å². The Bertz CT molecular complexity index is 514. The molecule has 7 heteroatoms. The average molecular weight is 315 g/mol. The van der Waals surface area contributed by atoms with Gasteiger partial charge in [-0.25, -0.2) is 4.39 Å². The Hall–Kier alpha value is -1.21. The largest absolute Gasteiger partial charge is 0.329 e. The Labute approximate surface area is 128 Å². The lowest BCUT2D eigenvalue weighted by atomic mass is 10.1. The smallest absolute Gasteiger partial charge is 0.238 e. The minimum absolute atomic E-state index is 0.00719. The Morgan fingerprint density at radius 1 is 1.52 bits per heavy atom. The third kappa shape index (κ3) is 4.38.